The highest BCUT2D eigenvalue weighted by Crippen LogP contribution is 2.22. The first-order valence-corrected chi connectivity index (χ1v) is 8.09. The van der Waals surface area contributed by atoms with Gasteiger partial charge in [0.1, 0.15) is 5.82 Å². The van der Waals surface area contributed by atoms with Gasteiger partial charge in [0, 0.05) is 24.4 Å². The molecule has 1 aromatic carbocycles. The number of aryl methyl sites for hydroxylation is 2. The summed E-state index contributed by atoms with van der Waals surface area (Å²) in [6.45, 7) is 7.80. The number of allylic oxidation sites excluding steroid dienone is 1. The van der Waals surface area contributed by atoms with Crippen LogP contribution in [0.5, 0.6) is 0 Å². The number of nitro benzene ring substituents is 1. The molecule has 24 heavy (non-hydrogen) atoms. The van der Waals surface area contributed by atoms with Crippen LogP contribution in [0.3, 0.4) is 0 Å². The Bertz CT molecular complexity index is 787. The molecule has 0 fully saturated rings. The van der Waals surface area contributed by atoms with Gasteiger partial charge in [0.25, 0.3) is 5.69 Å². The molecule has 0 atom stereocenters. The van der Waals surface area contributed by atoms with Crippen molar-refractivity contribution in [2.24, 2.45) is 0 Å². The first kappa shape index (κ1) is 17.7. The van der Waals surface area contributed by atoms with Crippen molar-refractivity contribution < 1.29 is 9.72 Å². The summed E-state index contributed by atoms with van der Waals surface area (Å²) >= 11 is 1.27. The SMILES string of the molecule is C=CCn1c(C)nnc1SCC(=O)Nc1ccc([N+](=O)[O-])cc1C. The Balaban J connectivity index is 1.99. The lowest BCUT2D eigenvalue weighted by Gasteiger charge is -2.08. The van der Waals surface area contributed by atoms with Gasteiger partial charge in [-0.3, -0.25) is 14.9 Å². The topological polar surface area (TPSA) is 103 Å². The first-order chi connectivity index (χ1) is 11.4. The number of rotatable bonds is 7. The summed E-state index contributed by atoms with van der Waals surface area (Å²) in [7, 11) is 0. The third kappa shape index (κ3) is 4.19. The van der Waals surface area contributed by atoms with Gasteiger partial charge in [-0.2, -0.15) is 0 Å². The molecule has 0 saturated carbocycles. The number of hydrogen-bond acceptors (Lipinski definition) is 6. The molecule has 8 nitrogen and oxygen atoms in total. The number of nitrogens with one attached hydrogen (secondary N) is 1. The number of non-ortho nitro benzene ring substituents is 1. The van der Waals surface area contributed by atoms with E-state index in [1.54, 1.807) is 13.0 Å². The van der Waals surface area contributed by atoms with Gasteiger partial charge in [0.05, 0.1) is 10.7 Å². The van der Waals surface area contributed by atoms with Gasteiger partial charge >= 0.3 is 0 Å². The predicted octanol–water partition coefficient (Wildman–Crippen LogP) is 2.72. The van der Waals surface area contributed by atoms with E-state index >= 15 is 0 Å². The number of anilines is 1. The zero-order valence-electron chi connectivity index (χ0n) is 13.4. The maximum absolute atomic E-state index is 12.1. The molecule has 9 heteroatoms. The summed E-state index contributed by atoms with van der Waals surface area (Å²) in [5.41, 5.74) is 1.18. The average Bonchev–Trinajstić information content (AvgIpc) is 2.88. The van der Waals surface area contributed by atoms with E-state index in [1.807, 2.05) is 11.5 Å². The predicted molar refractivity (Wildman–Crippen MR) is 92.1 cm³/mol. The van der Waals surface area contributed by atoms with Crippen LogP contribution in [0.2, 0.25) is 0 Å². The molecule has 2 rings (SSSR count). The number of nitrogens with zero attached hydrogens (tertiary/aromatic N) is 4. The quantitative estimate of drug-likeness (QED) is 0.357. The number of carbonyl (C=O) groups is 1. The minimum atomic E-state index is -0.469. The van der Waals surface area contributed by atoms with Crippen LogP contribution in [0.25, 0.3) is 0 Å². The Morgan fingerprint density at radius 1 is 1.46 bits per heavy atom. The summed E-state index contributed by atoms with van der Waals surface area (Å²) in [4.78, 5) is 22.3. The third-order valence-corrected chi connectivity index (χ3v) is 4.21. The van der Waals surface area contributed by atoms with E-state index < -0.39 is 4.92 Å². The Morgan fingerprint density at radius 2 is 2.21 bits per heavy atom. The van der Waals surface area contributed by atoms with Crippen molar-refractivity contribution in [1.29, 1.82) is 0 Å². The van der Waals surface area contributed by atoms with Crippen LogP contribution in [0, 0.1) is 24.0 Å². The van der Waals surface area contributed by atoms with Gasteiger partial charge in [0.2, 0.25) is 5.91 Å². The first-order valence-electron chi connectivity index (χ1n) is 7.10. The normalized spacial score (nSPS) is 10.4. The van der Waals surface area contributed by atoms with Crippen LogP contribution in [-0.2, 0) is 11.3 Å². The molecule has 0 spiro atoms. The summed E-state index contributed by atoms with van der Waals surface area (Å²) < 4.78 is 1.86. The third-order valence-electron chi connectivity index (χ3n) is 3.24. The zero-order valence-corrected chi connectivity index (χ0v) is 14.2. The number of nitro groups is 1. The summed E-state index contributed by atoms with van der Waals surface area (Å²) in [6.07, 6.45) is 1.74. The minimum absolute atomic E-state index is 0.00660. The highest BCUT2D eigenvalue weighted by Gasteiger charge is 2.13. The van der Waals surface area contributed by atoms with Crippen molar-refractivity contribution in [1.82, 2.24) is 14.8 Å². The van der Waals surface area contributed by atoms with Crippen LogP contribution in [0.15, 0.2) is 36.0 Å². The Morgan fingerprint density at radius 3 is 2.83 bits per heavy atom. The molecular formula is C15H17N5O3S. The summed E-state index contributed by atoms with van der Waals surface area (Å²) in [6, 6.07) is 4.31. The Kier molecular flexibility index (Phi) is 5.69. The number of benzene rings is 1. The van der Waals surface area contributed by atoms with Gasteiger partial charge in [-0.25, -0.2) is 0 Å². The number of hydrogen-bond donors (Lipinski definition) is 1. The van der Waals surface area contributed by atoms with Crippen molar-refractivity contribution in [3.8, 4) is 0 Å². The van der Waals surface area contributed by atoms with E-state index in [0.29, 0.717) is 23.0 Å². The maximum Gasteiger partial charge on any atom is 0.269 e. The fraction of sp³-hybridized carbons (Fsp3) is 0.267. The van der Waals surface area contributed by atoms with E-state index in [-0.39, 0.29) is 17.3 Å². The molecule has 0 saturated heterocycles. The standard InChI is InChI=1S/C15H17N5O3S/c1-4-7-19-11(3)17-18-15(19)24-9-14(21)16-13-6-5-12(20(22)23)8-10(13)2/h4-6,8H,1,7,9H2,2-3H3,(H,16,21). The lowest BCUT2D eigenvalue weighted by Crippen LogP contribution is -2.15. The molecular weight excluding hydrogens is 330 g/mol. The van der Waals surface area contributed by atoms with E-state index in [2.05, 4.69) is 22.1 Å². The molecule has 1 aromatic heterocycles. The van der Waals surface area contributed by atoms with Crippen molar-refractivity contribution in [3.05, 3.63) is 52.4 Å². The van der Waals surface area contributed by atoms with Gasteiger partial charge in [-0.1, -0.05) is 17.8 Å². The second kappa shape index (κ2) is 7.73. The average molecular weight is 347 g/mol. The molecule has 0 bridgehead atoms. The van der Waals surface area contributed by atoms with Crippen LogP contribution in [0.4, 0.5) is 11.4 Å². The Labute approximate surface area is 143 Å². The molecule has 1 heterocycles. The molecule has 1 amide bonds. The zero-order chi connectivity index (χ0) is 17.7. The summed E-state index contributed by atoms with van der Waals surface area (Å²) in [5.74, 6) is 0.692. The van der Waals surface area contributed by atoms with Crippen LogP contribution in [0.1, 0.15) is 11.4 Å². The van der Waals surface area contributed by atoms with E-state index in [0.717, 1.165) is 5.82 Å². The van der Waals surface area contributed by atoms with E-state index in [9.17, 15) is 14.9 Å². The van der Waals surface area contributed by atoms with Crippen LogP contribution < -0.4 is 5.32 Å². The second-order valence-electron chi connectivity index (χ2n) is 5.02. The van der Waals surface area contributed by atoms with E-state index in [1.165, 1.54) is 30.0 Å². The molecule has 0 aliphatic carbocycles. The van der Waals surface area contributed by atoms with Crippen molar-refractivity contribution in [2.45, 2.75) is 25.5 Å². The Hall–Kier alpha value is -2.68. The second-order valence-corrected chi connectivity index (χ2v) is 5.96. The van der Waals surface area contributed by atoms with Gasteiger partial charge in [0.15, 0.2) is 5.16 Å². The minimum Gasteiger partial charge on any atom is -0.325 e. The fourth-order valence-corrected chi connectivity index (χ4v) is 2.82. The smallest absolute Gasteiger partial charge is 0.269 e. The van der Waals surface area contributed by atoms with Crippen LogP contribution in [-0.4, -0.2) is 31.3 Å². The number of carbonyl (C=O) groups excluding carboxylic acids is 1. The molecule has 0 unspecified atom stereocenters. The lowest BCUT2D eigenvalue weighted by molar-refractivity contribution is -0.384. The van der Waals surface area contributed by atoms with Crippen LogP contribution >= 0.6 is 11.8 Å². The van der Waals surface area contributed by atoms with E-state index in [4.69, 9.17) is 0 Å². The van der Waals surface area contributed by atoms with Gasteiger partial charge in [-0.05, 0) is 25.5 Å². The van der Waals surface area contributed by atoms with Crippen molar-refractivity contribution in [2.75, 3.05) is 11.1 Å². The lowest BCUT2D eigenvalue weighted by atomic mass is 10.2. The largest absolute Gasteiger partial charge is 0.325 e. The maximum atomic E-state index is 12.1. The summed E-state index contributed by atoms with van der Waals surface area (Å²) in [5, 5.41) is 22.1. The molecule has 0 aliphatic rings. The number of aromatic nitrogens is 3. The fourth-order valence-electron chi connectivity index (χ4n) is 2.03. The van der Waals surface area contributed by atoms with Gasteiger partial charge < -0.3 is 9.88 Å². The van der Waals surface area contributed by atoms with Gasteiger partial charge in [-0.15, -0.1) is 16.8 Å². The number of thioether (sulfide) groups is 1. The number of amides is 1. The highest BCUT2D eigenvalue weighted by molar-refractivity contribution is 7.99. The monoisotopic (exact) mass is 347 g/mol. The molecule has 0 radical (unpaired) electrons. The van der Waals surface area contributed by atoms with Crippen molar-refractivity contribution in [3.63, 3.8) is 0 Å². The molecule has 2 aromatic rings. The molecule has 126 valence electrons. The highest BCUT2D eigenvalue weighted by atomic mass is 32.2. The molecule has 1 N–H and O–H groups in total. The molecule has 0 aliphatic heterocycles. The van der Waals surface area contributed by atoms with Crippen molar-refractivity contribution >= 4 is 29.0 Å².